The van der Waals surface area contributed by atoms with Gasteiger partial charge in [-0.1, -0.05) is 6.92 Å². The number of hydrogen-bond donors (Lipinski definition) is 1. The molecule has 0 saturated carbocycles. The van der Waals surface area contributed by atoms with Crippen molar-refractivity contribution in [1.29, 1.82) is 0 Å². The lowest BCUT2D eigenvalue weighted by molar-refractivity contribution is -0.385. The predicted molar refractivity (Wildman–Crippen MR) is 79.0 cm³/mol. The summed E-state index contributed by atoms with van der Waals surface area (Å²) in [6.07, 6.45) is 4.21. The zero-order chi connectivity index (χ0) is 15.0. The van der Waals surface area contributed by atoms with Crippen molar-refractivity contribution in [2.45, 2.75) is 50.7 Å². The molecule has 1 N–H and O–H groups in total. The number of nitro groups is 1. The highest BCUT2D eigenvalue weighted by Crippen LogP contribution is 2.40. The summed E-state index contributed by atoms with van der Waals surface area (Å²) >= 11 is 0. The van der Waals surface area contributed by atoms with Crippen molar-refractivity contribution in [1.82, 2.24) is 5.32 Å². The molecule has 2 aliphatic heterocycles. The summed E-state index contributed by atoms with van der Waals surface area (Å²) in [6.45, 7) is 3.06. The SMILES string of the molecule is CCNC1CC2CCC(C1)N2c1cc(F)cc([N+](=O)[O-])c1. The maximum Gasteiger partial charge on any atom is 0.274 e. The van der Waals surface area contributed by atoms with Gasteiger partial charge in [0.2, 0.25) is 0 Å². The zero-order valence-electron chi connectivity index (χ0n) is 12.1. The Morgan fingerprint density at radius 2 is 2.00 bits per heavy atom. The molecule has 2 saturated heterocycles. The molecule has 2 fully saturated rings. The van der Waals surface area contributed by atoms with Gasteiger partial charge in [-0.15, -0.1) is 0 Å². The first-order valence-electron chi connectivity index (χ1n) is 7.55. The van der Waals surface area contributed by atoms with Crippen LogP contribution in [0.5, 0.6) is 0 Å². The molecule has 0 radical (unpaired) electrons. The van der Waals surface area contributed by atoms with Gasteiger partial charge >= 0.3 is 0 Å². The van der Waals surface area contributed by atoms with E-state index in [1.807, 2.05) is 0 Å². The summed E-state index contributed by atoms with van der Waals surface area (Å²) in [5, 5.41) is 14.4. The molecular weight excluding hydrogens is 273 g/mol. The van der Waals surface area contributed by atoms with Crippen LogP contribution in [0.25, 0.3) is 0 Å². The molecule has 2 heterocycles. The number of anilines is 1. The van der Waals surface area contributed by atoms with Gasteiger partial charge in [-0.3, -0.25) is 10.1 Å². The zero-order valence-corrected chi connectivity index (χ0v) is 12.1. The van der Waals surface area contributed by atoms with Crippen LogP contribution >= 0.6 is 0 Å². The molecule has 2 unspecified atom stereocenters. The van der Waals surface area contributed by atoms with Gasteiger partial charge < -0.3 is 10.2 Å². The first-order valence-corrected chi connectivity index (χ1v) is 7.55. The van der Waals surface area contributed by atoms with Crippen molar-refractivity contribution < 1.29 is 9.31 Å². The largest absolute Gasteiger partial charge is 0.365 e. The standard InChI is InChI=1S/C15H20FN3O2/c1-2-17-11-7-12-3-4-13(8-11)18(12)14-5-10(16)6-15(9-14)19(20)21/h5-6,9,11-13,17H,2-4,7-8H2,1H3. The number of piperidine rings is 1. The molecule has 2 bridgehead atoms. The van der Waals surface area contributed by atoms with Gasteiger partial charge in [0.25, 0.3) is 5.69 Å². The fraction of sp³-hybridized carbons (Fsp3) is 0.600. The highest BCUT2D eigenvalue weighted by atomic mass is 19.1. The lowest BCUT2D eigenvalue weighted by Gasteiger charge is -2.40. The fourth-order valence-corrected chi connectivity index (χ4v) is 3.87. The van der Waals surface area contributed by atoms with Gasteiger partial charge in [-0.05, 0) is 38.3 Å². The number of fused-ring (bicyclic) bond motifs is 2. The number of benzene rings is 1. The Bertz CT molecular complexity index is 538. The van der Waals surface area contributed by atoms with Crippen molar-refractivity contribution in [3.8, 4) is 0 Å². The quantitative estimate of drug-likeness (QED) is 0.685. The molecule has 6 heteroatoms. The molecule has 2 aliphatic rings. The highest BCUT2D eigenvalue weighted by molar-refractivity contribution is 5.56. The minimum atomic E-state index is -0.535. The van der Waals surface area contributed by atoms with Crippen LogP contribution in [0.4, 0.5) is 15.8 Å². The Morgan fingerprint density at radius 1 is 1.33 bits per heavy atom. The van der Waals surface area contributed by atoms with E-state index in [0.29, 0.717) is 23.8 Å². The Hall–Kier alpha value is -1.69. The van der Waals surface area contributed by atoms with Crippen molar-refractivity contribution >= 4 is 11.4 Å². The topological polar surface area (TPSA) is 58.4 Å². The van der Waals surface area contributed by atoms with E-state index < -0.39 is 10.7 Å². The smallest absolute Gasteiger partial charge is 0.274 e. The van der Waals surface area contributed by atoms with Crippen molar-refractivity contribution in [2.75, 3.05) is 11.4 Å². The maximum atomic E-state index is 13.7. The van der Waals surface area contributed by atoms with Crippen LogP contribution < -0.4 is 10.2 Å². The molecule has 1 aromatic carbocycles. The van der Waals surface area contributed by atoms with Gasteiger partial charge in [0.15, 0.2) is 0 Å². The number of hydrogen-bond acceptors (Lipinski definition) is 4. The molecule has 0 aliphatic carbocycles. The number of nitrogens with zero attached hydrogens (tertiary/aromatic N) is 2. The van der Waals surface area contributed by atoms with E-state index in [0.717, 1.165) is 38.3 Å². The van der Waals surface area contributed by atoms with Crippen LogP contribution in [0.15, 0.2) is 18.2 Å². The normalized spacial score (nSPS) is 27.9. The molecule has 1 aromatic rings. The third-order valence-corrected chi connectivity index (χ3v) is 4.60. The second-order valence-corrected chi connectivity index (χ2v) is 5.94. The number of non-ortho nitro benzene ring substituents is 1. The Balaban J connectivity index is 1.87. The summed E-state index contributed by atoms with van der Waals surface area (Å²) in [4.78, 5) is 12.6. The summed E-state index contributed by atoms with van der Waals surface area (Å²) in [5.41, 5.74) is 0.488. The second kappa shape index (κ2) is 5.60. The minimum absolute atomic E-state index is 0.168. The van der Waals surface area contributed by atoms with Crippen LogP contribution in [0.2, 0.25) is 0 Å². The van der Waals surface area contributed by atoms with Gasteiger partial charge in [0, 0.05) is 29.9 Å². The molecule has 21 heavy (non-hydrogen) atoms. The van der Waals surface area contributed by atoms with Crippen LogP contribution in [0.3, 0.4) is 0 Å². The van der Waals surface area contributed by atoms with Gasteiger partial charge in [-0.25, -0.2) is 4.39 Å². The predicted octanol–water partition coefficient (Wildman–Crippen LogP) is 2.84. The van der Waals surface area contributed by atoms with E-state index in [4.69, 9.17) is 0 Å². The van der Waals surface area contributed by atoms with Crippen molar-refractivity contribution in [3.63, 3.8) is 0 Å². The number of nitro benzene ring substituents is 1. The van der Waals surface area contributed by atoms with Crippen LogP contribution in [-0.2, 0) is 0 Å². The first kappa shape index (κ1) is 14.3. The van der Waals surface area contributed by atoms with E-state index in [-0.39, 0.29) is 5.69 Å². The summed E-state index contributed by atoms with van der Waals surface area (Å²) < 4.78 is 13.7. The summed E-state index contributed by atoms with van der Waals surface area (Å²) in [7, 11) is 0. The summed E-state index contributed by atoms with van der Waals surface area (Å²) in [6, 6.07) is 5.13. The second-order valence-electron chi connectivity index (χ2n) is 5.94. The molecule has 5 nitrogen and oxygen atoms in total. The van der Waals surface area contributed by atoms with Gasteiger partial charge in [-0.2, -0.15) is 0 Å². The van der Waals surface area contributed by atoms with Crippen LogP contribution in [0.1, 0.15) is 32.6 Å². The molecule has 3 rings (SSSR count). The van der Waals surface area contributed by atoms with E-state index in [1.54, 1.807) is 0 Å². The molecule has 0 aromatic heterocycles. The van der Waals surface area contributed by atoms with Crippen molar-refractivity contribution in [2.24, 2.45) is 0 Å². The van der Waals surface area contributed by atoms with Gasteiger partial charge in [0.05, 0.1) is 11.0 Å². The molecule has 2 atom stereocenters. The Labute approximate surface area is 123 Å². The highest BCUT2D eigenvalue weighted by Gasteiger charge is 2.40. The lowest BCUT2D eigenvalue weighted by atomic mass is 9.96. The van der Waals surface area contributed by atoms with E-state index in [1.165, 1.54) is 12.1 Å². The average Bonchev–Trinajstić information content (AvgIpc) is 2.70. The maximum absolute atomic E-state index is 13.7. The number of nitrogens with one attached hydrogen (secondary N) is 1. The average molecular weight is 293 g/mol. The van der Waals surface area contributed by atoms with Gasteiger partial charge in [0.1, 0.15) is 5.82 Å². The number of halogens is 1. The van der Waals surface area contributed by atoms with Crippen molar-refractivity contribution in [3.05, 3.63) is 34.1 Å². The molecule has 0 amide bonds. The van der Waals surface area contributed by atoms with E-state index >= 15 is 0 Å². The molecule has 114 valence electrons. The van der Waals surface area contributed by atoms with E-state index in [2.05, 4.69) is 17.1 Å². The minimum Gasteiger partial charge on any atom is -0.365 e. The van der Waals surface area contributed by atoms with E-state index in [9.17, 15) is 14.5 Å². The summed E-state index contributed by atoms with van der Waals surface area (Å²) in [5.74, 6) is -0.535. The fourth-order valence-electron chi connectivity index (χ4n) is 3.87. The number of rotatable bonds is 4. The Kier molecular flexibility index (Phi) is 3.80. The third kappa shape index (κ3) is 2.72. The molecular formula is C15H20FN3O2. The Morgan fingerprint density at radius 3 is 2.57 bits per heavy atom. The first-order chi connectivity index (χ1) is 10.1. The van der Waals surface area contributed by atoms with Crippen LogP contribution in [0, 0.1) is 15.9 Å². The lowest BCUT2D eigenvalue weighted by Crippen LogP contribution is -2.49. The molecule has 0 spiro atoms. The van der Waals surface area contributed by atoms with Crippen LogP contribution in [-0.4, -0.2) is 29.6 Å². The monoisotopic (exact) mass is 293 g/mol. The third-order valence-electron chi connectivity index (χ3n) is 4.60.